The molecule has 1 amide bonds. The Morgan fingerprint density at radius 1 is 1.26 bits per heavy atom. The number of amides is 1. The van der Waals surface area contributed by atoms with E-state index < -0.39 is 0 Å². The topological polar surface area (TPSA) is 75.0 Å². The second-order valence-corrected chi connectivity index (χ2v) is 5.82. The van der Waals surface area contributed by atoms with Gasteiger partial charge in [0.25, 0.3) is 5.91 Å². The molecule has 0 radical (unpaired) electrons. The largest absolute Gasteiger partial charge is 0.395 e. The predicted octanol–water partition coefficient (Wildman–Crippen LogP) is 2.31. The zero-order valence-electron chi connectivity index (χ0n) is 12.7. The average molecular weight is 266 g/mol. The molecule has 0 aliphatic heterocycles. The van der Waals surface area contributed by atoms with E-state index in [0.29, 0.717) is 23.2 Å². The van der Waals surface area contributed by atoms with E-state index in [0.717, 1.165) is 25.2 Å². The highest BCUT2D eigenvalue weighted by molar-refractivity contribution is 5.97. The second kappa shape index (κ2) is 6.59. The lowest BCUT2D eigenvalue weighted by Gasteiger charge is -2.25. The lowest BCUT2D eigenvalue weighted by atomic mass is 10.1. The summed E-state index contributed by atoms with van der Waals surface area (Å²) >= 11 is 0. The molecule has 0 unspecified atom stereocenters. The number of aromatic nitrogens is 2. The van der Waals surface area contributed by atoms with Crippen molar-refractivity contribution in [3.05, 3.63) is 11.4 Å². The van der Waals surface area contributed by atoms with Crippen LogP contribution < -0.4 is 5.73 Å². The summed E-state index contributed by atoms with van der Waals surface area (Å²) < 4.78 is 0. The molecule has 0 saturated carbocycles. The van der Waals surface area contributed by atoms with Gasteiger partial charge in [-0.2, -0.15) is 5.10 Å². The van der Waals surface area contributed by atoms with Gasteiger partial charge >= 0.3 is 0 Å². The minimum absolute atomic E-state index is 0.0733. The lowest BCUT2D eigenvalue weighted by Crippen LogP contribution is -2.37. The SMILES string of the molecule is CCc1[nH]nc(C(=O)N(CC(C)C)CC(C)C)c1N. The van der Waals surface area contributed by atoms with Gasteiger partial charge in [-0.05, 0) is 18.3 Å². The van der Waals surface area contributed by atoms with Crippen LogP contribution in [0.3, 0.4) is 0 Å². The Morgan fingerprint density at radius 3 is 2.16 bits per heavy atom. The van der Waals surface area contributed by atoms with E-state index in [2.05, 4.69) is 37.9 Å². The van der Waals surface area contributed by atoms with Crippen LogP contribution in [0.25, 0.3) is 0 Å². The molecule has 1 rings (SSSR count). The van der Waals surface area contributed by atoms with Gasteiger partial charge in [0.15, 0.2) is 5.69 Å². The van der Waals surface area contributed by atoms with Crippen molar-refractivity contribution in [2.45, 2.75) is 41.0 Å². The zero-order valence-corrected chi connectivity index (χ0v) is 12.7. The van der Waals surface area contributed by atoms with E-state index in [9.17, 15) is 4.79 Å². The highest BCUT2D eigenvalue weighted by atomic mass is 16.2. The molecule has 1 aromatic heterocycles. The number of anilines is 1. The molecule has 0 fully saturated rings. The van der Waals surface area contributed by atoms with Crippen molar-refractivity contribution < 1.29 is 4.79 Å². The van der Waals surface area contributed by atoms with E-state index in [1.807, 2.05) is 11.8 Å². The lowest BCUT2D eigenvalue weighted by molar-refractivity contribution is 0.0710. The quantitative estimate of drug-likeness (QED) is 0.829. The molecule has 19 heavy (non-hydrogen) atoms. The predicted molar refractivity (Wildman–Crippen MR) is 78.0 cm³/mol. The van der Waals surface area contributed by atoms with E-state index in [1.54, 1.807) is 0 Å². The molecule has 5 heteroatoms. The van der Waals surface area contributed by atoms with Crippen LogP contribution in [-0.2, 0) is 6.42 Å². The van der Waals surface area contributed by atoms with Crippen LogP contribution in [0, 0.1) is 11.8 Å². The molecular weight excluding hydrogens is 240 g/mol. The summed E-state index contributed by atoms with van der Waals surface area (Å²) in [6.45, 7) is 11.9. The first-order chi connectivity index (χ1) is 8.86. The number of carbonyl (C=O) groups is 1. The third-order valence-electron chi connectivity index (χ3n) is 2.90. The van der Waals surface area contributed by atoms with Crippen LogP contribution in [0.1, 0.15) is 50.8 Å². The van der Waals surface area contributed by atoms with Gasteiger partial charge in [0.05, 0.1) is 11.4 Å². The van der Waals surface area contributed by atoms with Gasteiger partial charge in [-0.1, -0.05) is 34.6 Å². The zero-order chi connectivity index (χ0) is 14.6. The Kier molecular flexibility index (Phi) is 5.39. The Bertz CT molecular complexity index is 413. The molecule has 1 heterocycles. The first-order valence-electron chi connectivity index (χ1n) is 6.98. The summed E-state index contributed by atoms with van der Waals surface area (Å²) in [6.07, 6.45) is 0.750. The average Bonchev–Trinajstić information content (AvgIpc) is 2.67. The van der Waals surface area contributed by atoms with Crippen LogP contribution in [-0.4, -0.2) is 34.1 Å². The maximum absolute atomic E-state index is 12.5. The fraction of sp³-hybridized carbons (Fsp3) is 0.714. The van der Waals surface area contributed by atoms with Gasteiger partial charge in [-0.3, -0.25) is 9.89 Å². The molecule has 3 N–H and O–H groups in total. The summed E-state index contributed by atoms with van der Waals surface area (Å²) in [5.74, 6) is 0.776. The van der Waals surface area contributed by atoms with Crippen molar-refractivity contribution in [2.75, 3.05) is 18.8 Å². The van der Waals surface area contributed by atoms with Gasteiger partial charge in [0.1, 0.15) is 0 Å². The third-order valence-corrected chi connectivity index (χ3v) is 2.90. The molecule has 5 nitrogen and oxygen atoms in total. The number of H-pyrrole nitrogens is 1. The highest BCUT2D eigenvalue weighted by Crippen LogP contribution is 2.18. The molecule has 0 aliphatic carbocycles. The van der Waals surface area contributed by atoms with Crippen LogP contribution in [0.5, 0.6) is 0 Å². The minimum atomic E-state index is -0.0733. The first-order valence-corrected chi connectivity index (χ1v) is 6.98. The summed E-state index contributed by atoms with van der Waals surface area (Å²) in [6, 6.07) is 0. The number of nitrogens with one attached hydrogen (secondary N) is 1. The number of hydrogen-bond donors (Lipinski definition) is 2. The fourth-order valence-electron chi connectivity index (χ4n) is 2.09. The van der Waals surface area contributed by atoms with Crippen molar-refractivity contribution in [3.8, 4) is 0 Å². The fourth-order valence-corrected chi connectivity index (χ4v) is 2.09. The van der Waals surface area contributed by atoms with Gasteiger partial charge in [0, 0.05) is 13.1 Å². The van der Waals surface area contributed by atoms with Crippen molar-refractivity contribution in [2.24, 2.45) is 11.8 Å². The van der Waals surface area contributed by atoms with Crippen LogP contribution in [0.2, 0.25) is 0 Å². The van der Waals surface area contributed by atoms with Gasteiger partial charge in [-0.15, -0.1) is 0 Å². The van der Waals surface area contributed by atoms with Crippen LogP contribution in [0.15, 0.2) is 0 Å². The Morgan fingerprint density at radius 2 is 1.79 bits per heavy atom. The van der Waals surface area contributed by atoms with Crippen molar-refractivity contribution in [1.82, 2.24) is 15.1 Å². The molecule has 0 saturated heterocycles. The van der Waals surface area contributed by atoms with Gasteiger partial charge in [0.2, 0.25) is 0 Å². The molecule has 0 spiro atoms. The minimum Gasteiger partial charge on any atom is -0.395 e. The molecular formula is C14H26N4O. The number of aromatic amines is 1. The Hall–Kier alpha value is -1.52. The summed E-state index contributed by atoms with van der Waals surface area (Å²) in [5, 5.41) is 6.92. The standard InChI is InChI=1S/C14H26N4O/c1-6-11-12(15)13(17-16-11)14(19)18(7-9(2)3)8-10(4)5/h9-10H,6-8,15H2,1-5H3,(H,16,17). The molecule has 0 atom stereocenters. The van der Waals surface area contributed by atoms with Crippen LogP contribution in [0.4, 0.5) is 5.69 Å². The highest BCUT2D eigenvalue weighted by Gasteiger charge is 2.23. The number of carbonyl (C=O) groups excluding carboxylic acids is 1. The van der Waals surface area contributed by atoms with Crippen LogP contribution >= 0.6 is 0 Å². The van der Waals surface area contributed by atoms with Crippen molar-refractivity contribution in [3.63, 3.8) is 0 Å². The number of aryl methyl sites for hydroxylation is 1. The van der Waals surface area contributed by atoms with Gasteiger partial charge in [-0.25, -0.2) is 0 Å². The maximum Gasteiger partial charge on any atom is 0.276 e. The van der Waals surface area contributed by atoms with E-state index >= 15 is 0 Å². The number of rotatable bonds is 6. The number of nitrogens with zero attached hydrogens (tertiary/aromatic N) is 2. The normalized spacial score (nSPS) is 11.3. The Labute approximate surface area is 115 Å². The molecule has 0 aliphatic rings. The van der Waals surface area contributed by atoms with E-state index in [-0.39, 0.29) is 5.91 Å². The summed E-state index contributed by atoms with van der Waals surface area (Å²) in [4.78, 5) is 14.4. The van der Waals surface area contributed by atoms with Crippen molar-refractivity contribution in [1.29, 1.82) is 0 Å². The number of nitrogen functional groups attached to an aromatic ring is 1. The monoisotopic (exact) mass is 266 g/mol. The van der Waals surface area contributed by atoms with Gasteiger partial charge < -0.3 is 10.6 Å². The summed E-state index contributed by atoms with van der Waals surface area (Å²) in [5.41, 5.74) is 7.65. The molecule has 1 aromatic rings. The molecule has 0 aromatic carbocycles. The summed E-state index contributed by atoms with van der Waals surface area (Å²) in [7, 11) is 0. The third kappa shape index (κ3) is 3.98. The smallest absolute Gasteiger partial charge is 0.276 e. The molecule has 0 bridgehead atoms. The first kappa shape index (κ1) is 15.5. The Balaban J connectivity index is 2.94. The molecule has 108 valence electrons. The van der Waals surface area contributed by atoms with Crippen molar-refractivity contribution >= 4 is 11.6 Å². The number of hydrogen-bond acceptors (Lipinski definition) is 3. The van der Waals surface area contributed by atoms with E-state index in [4.69, 9.17) is 5.73 Å². The number of nitrogens with two attached hydrogens (primary N) is 1. The maximum atomic E-state index is 12.5. The van der Waals surface area contributed by atoms with E-state index in [1.165, 1.54) is 0 Å². The second-order valence-electron chi connectivity index (χ2n) is 5.82.